The average Bonchev–Trinajstić information content (AvgIpc) is 2.40. The van der Waals surface area contributed by atoms with Crippen molar-refractivity contribution in [2.75, 3.05) is 13.2 Å². The van der Waals surface area contributed by atoms with Gasteiger partial charge in [-0.15, -0.1) is 0 Å². The Morgan fingerprint density at radius 3 is 2.52 bits per heavy atom. The molecule has 0 spiro atoms. The van der Waals surface area contributed by atoms with Crippen LogP contribution in [0.3, 0.4) is 0 Å². The van der Waals surface area contributed by atoms with Gasteiger partial charge in [0.25, 0.3) is 0 Å². The fraction of sp³-hybridized carbons (Fsp3) is 0.625. The van der Waals surface area contributed by atoms with Gasteiger partial charge in [-0.1, -0.05) is 30.7 Å². The minimum Gasteiger partial charge on any atom is -0.287 e. The summed E-state index contributed by atoms with van der Waals surface area (Å²) in [5, 5.41) is 0. The van der Waals surface area contributed by atoms with Crippen LogP contribution in [0.15, 0.2) is 18.2 Å². The molecule has 0 amide bonds. The molecular weight excluding hydrogens is 287 g/mol. The Morgan fingerprint density at radius 1 is 1.24 bits per heavy atom. The maximum Gasteiger partial charge on any atom is 0.475 e. The predicted octanol–water partition coefficient (Wildman–Crippen LogP) is 4.61. The maximum atomic E-state index is 12.5. The second-order valence-corrected chi connectivity index (χ2v) is 7.17. The van der Waals surface area contributed by atoms with E-state index >= 15 is 0 Å². The van der Waals surface area contributed by atoms with Crippen molar-refractivity contribution >= 4 is 7.82 Å². The van der Waals surface area contributed by atoms with Crippen LogP contribution in [-0.2, 0) is 24.6 Å². The lowest BCUT2D eigenvalue weighted by Gasteiger charge is -2.31. The summed E-state index contributed by atoms with van der Waals surface area (Å²) in [6, 6.07) is 6.49. The Hall–Kier alpha value is -0.670. The molecule has 1 aliphatic rings. The minimum absolute atomic E-state index is 0.126. The number of rotatable bonds is 6. The lowest BCUT2D eigenvalue weighted by atomic mass is 9.82. The molecule has 118 valence electrons. The van der Waals surface area contributed by atoms with Crippen molar-refractivity contribution < 1.29 is 18.1 Å². The zero-order valence-corrected chi connectivity index (χ0v) is 14.2. The van der Waals surface area contributed by atoms with Gasteiger partial charge in [-0.2, -0.15) is 0 Å². The molecule has 0 radical (unpaired) electrons. The van der Waals surface area contributed by atoms with Crippen molar-refractivity contribution in [1.82, 2.24) is 0 Å². The SMILES string of the molecule is CCOP(=O)(OCC)O[C@H]1Cc2ccc(C)cc2[C@H](C)C1. The van der Waals surface area contributed by atoms with Crippen LogP contribution in [0, 0.1) is 6.92 Å². The van der Waals surface area contributed by atoms with E-state index in [0.717, 1.165) is 12.8 Å². The van der Waals surface area contributed by atoms with E-state index in [1.807, 2.05) is 0 Å². The molecule has 2 rings (SSSR count). The summed E-state index contributed by atoms with van der Waals surface area (Å²) >= 11 is 0. The van der Waals surface area contributed by atoms with Crippen molar-refractivity contribution in [2.45, 2.75) is 52.6 Å². The van der Waals surface area contributed by atoms with Gasteiger partial charge >= 0.3 is 7.82 Å². The number of aryl methyl sites for hydroxylation is 1. The zero-order valence-electron chi connectivity index (χ0n) is 13.3. The van der Waals surface area contributed by atoms with Gasteiger partial charge in [-0.3, -0.25) is 13.6 Å². The molecule has 0 bridgehead atoms. The molecule has 0 unspecified atom stereocenters. The summed E-state index contributed by atoms with van der Waals surface area (Å²) in [6.45, 7) is 8.49. The highest BCUT2D eigenvalue weighted by atomic mass is 31.2. The number of phosphoric acid groups is 1. The monoisotopic (exact) mass is 312 g/mol. The molecule has 1 aromatic carbocycles. The summed E-state index contributed by atoms with van der Waals surface area (Å²) in [4.78, 5) is 0. The van der Waals surface area contributed by atoms with Crippen LogP contribution >= 0.6 is 7.82 Å². The van der Waals surface area contributed by atoms with Crippen LogP contribution in [0.2, 0.25) is 0 Å². The van der Waals surface area contributed by atoms with Crippen molar-refractivity contribution in [3.63, 3.8) is 0 Å². The molecular formula is C16H25O4P. The molecule has 0 N–H and O–H groups in total. The smallest absolute Gasteiger partial charge is 0.287 e. The fourth-order valence-corrected chi connectivity index (χ4v) is 4.24. The van der Waals surface area contributed by atoms with E-state index in [9.17, 15) is 4.57 Å². The predicted molar refractivity (Wildman–Crippen MR) is 83.6 cm³/mol. The third-order valence-electron chi connectivity index (χ3n) is 3.75. The topological polar surface area (TPSA) is 44.8 Å². The van der Waals surface area contributed by atoms with Crippen molar-refractivity contribution in [1.29, 1.82) is 0 Å². The first-order valence-electron chi connectivity index (χ1n) is 7.64. The summed E-state index contributed by atoms with van der Waals surface area (Å²) in [5.41, 5.74) is 3.91. The highest BCUT2D eigenvalue weighted by Gasteiger charge is 2.33. The van der Waals surface area contributed by atoms with Gasteiger partial charge in [0.2, 0.25) is 0 Å². The Bertz CT molecular complexity index is 519. The Labute approximate surface area is 127 Å². The number of benzene rings is 1. The largest absolute Gasteiger partial charge is 0.475 e. The van der Waals surface area contributed by atoms with Crippen LogP contribution in [0.4, 0.5) is 0 Å². The second-order valence-electron chi connectivity index (χ2n) is 5.55. The van der Waals surface area contributed by atoms with Crippen molar-refractivity contribution in [2.24, 2.45) is 0 Å². The quantitative estimate of drug-likeness (QED) is 0.719. The van der Waals surface area contributed by atoms with Gasteiger partial charge in [0.1, 0.15) is 0 Å². The molecule has 1 aromatic rings. The van der Waals surface area contributed by atoms with E-state index < -0.39 is 7.82 Å². The number of hydrogen-bond acceptors (Lipinski definition) is 4. The Kier molecular flexibility index (Phi) is 5.61. The normalized spacial score (nSPS) is 22.1. The highest BCUT2D eigenvalue weighted by molar-refractivity contribution is 7.48. The molecule has 0 fully saturated rings. The molecule has 21 heavy (non-hydrogen) atoms. The molecule has 0 aliphatic heterocycles. The summed E-state index contributed by atoms with van der Waals surface area (Å²) in [5.74, 6) is 0.385. The first-order valence-corrected chi connectivity index (χ1v) is 9.10. The Balaban J connectivity index is 2.13. The minimum atomic E-state index is -3.44. The molecule has 0 saturated carbocycles. The van der Waals surface area contributed by atoms with Gasteiger partial charge in [-0.05, 0) is 50.7 Å². The molecule has 5 heteroatoms. The molecule has 0 aromatic heterocycles. The van der Waals surface area contributed by atoms with Crippen LogP contribution in [-0.4, -0.2) is 19.3 Å². The first-order chi connectivity index (χ1) is 9.97. The average molecular weight is 312 g/mol. The summed E-state index contributed by atoms with van der Waals surface area (Å²) in [7, 11) is -3.44. The van der Waals surface area contributed by atoms with E-state index in [2.05, 4.69) is 32.0 Å². The number of fused-ring (bicyclic) bond motifs is 1. The van der Waals surface area contributed by atoms with Crippen LogP contribution in [0.25, 0.3) is 0 Å². The standard InChI is InChI=1S/C16H25O4P/c1-5-18-21(17,19-6-2)20-15-10-13(4)16-9-12(3)7-8-14(16)11-15/h7-9,13,15H,5-6,10-11H2,1-4H3/t13-,15-/m1/s1. The van der Waals surface area contributed by atoms with E-state index in [1.165, 1.54) is 16.7 Å². The van der Waals surface area contributed by atoms with Crippen molar-refractivity contribution in [3.8, 4) is 0 Å². The molecule has 2 atom stereocenters. The number of phosphoric ester groups is 1. The Morgan fingerprint density at radius 2 is 1.90 bits per heavy atom. The van der Waals surface area contributed by atoms with Gasteiger partial charge in [0, 0.05) is 0 Å². The van der Waals surface area contributed by atoms with Crippen LogP contribution in [0.1, 0.15) is 49.8 Å². The summed E-state index contributed by atoms with van der Waals surface area (Å²) in [6.07, 6.45) is 1.46. The molecule has 4 nitrogen and oxygen atoms in total. The van der Waals surface area contributed by atoms with Crippen LogP contribution < -0.4 is 0 Å². The molecule has 1 aliphatic carbocycles. The van der Waals surface area contributed by atoms with E-state index in [-0.39, 0.29) is 6.10 Å². The van der Waals surface area contributed by atoms with Gasteiger partial charge < -0.3 is 0 Å². The van der Waals surface area contributed by atoms with E-state index in [1.54, 1.807) is 13.8 Å². The van der Waals surface area contributed by atoms with Gasteiger partial charge in [0.15, 0.2) is 0 Å². The second kappa shape index (κ2) is 7.06. The van der Waals surface area contributed by atoms with E-state index in [4.69, 9.17) is 13.6 Å². The molecule has 0 saturated heterocycles. The van der Waals surface area contributed by atoms with Crippen LogP contribution in [0.5, 0.6) is 0 Å². The fourth-order valence-electron chi connectivity index (χ4n) is 2.89. The van der Waals surface area contributed by atoms with Crippen molar-refractivity contribution in [3.05, 3.63) is 34.9 Å². The lowest BCUT2D eigenvalue weighted by molar-refractivity contribution is 0.0742. The van der Waals surface area contributed by atoms with Gasteiger partial charge in [-0.25, -0.2) is 4.57 Å². The maximum absolute atomic E-state index is 12.5. The summed E-state index contributed by atoms with van der Waals surface area (Å²) < 4.78 is 28.7. The third-order valence-corrected chi connectivity index (χ3v) is 5.45. The van der Waals surface area contributed by atoms with Gasteiger partial charge in [0.05, 0.1) is 19.3 Å². The lowest BCUT2D eigenvalue weighted by Crippen LogP contribution is -2.24. The number of hydrogen-bond donors (Lipinski definition) is 0. The zero-order chi connectivity index (χ0) is 15.5. The highest BCUT2D eigenvalue weighted by Crippen LogP contribution is 2.52. The first kappa shape index (κ1) is 16.7. The third kappa shape index (κ3) is 4.17. The van der Waals surface area contributed by atoms with E-state index in [0.29, 0.717) is 19.1 Å². The molecule has 0 heterocycles.